The van der Waals surface area contributed by atoms with Gasteiger partial charge in [-0.05, 0) is 37.1 Å². The molecule has 0 spiro atoms. The van der Waals surface area contributed by atoms with Gasteiger partial charge in [-0.1, -0.05) is 78.4 Å². The van der Waals surface area contributed by atoms with Gasteiger partial charge in [-0.3, -0.25) is 9.69 Å². The highest BCUT2D eigenvalue weighted by Gasteiger charge is 2.30. The normalized spacial score (nSPS) is 16.5. The molecule has 4 rings (SSSR count). The van der Waals surface area contributed by atoms with E-state index < -0.39 is 6.10 Å². The third-order valence-electron chi connectivity index (χ3n) is 5.90. The van der Waals surface area contributed by atoms with Gasteiger partial charge >= 0.3 is 0 Å². The Morgan fingerprint density at radius 2 is 1.32 bits per heavy atom. The molecule has 1 fully saturated rings. The lowest BCUT2D eigenvalue weighted by Crippen LogP contribution is -2.52. The summed E-state index contributed by atoms with van der Waals surface area (Å²) in [5.74, 6) is 0.778. The van der Waals surface area contributed by atoms with Gasteiger partial charge in [-0.15, -0.1) is 0 Å². The fourth-order valence-corrected chi connectivity index (χ4v) is 4.21. The molecule has 0 unspecified atom stereocenters. The first-order valence-corrected chi connectivity index (χ1v) is 11.0. The van der Waals surface area contributed by atoms with Gasteiger partial charge in [0.25, 0.3) is 5.91 Å². The molecular formula is C27H30N2O2. The number of aryl methyl sites for hydroxylation is 1. The van der Waals surface area contributed by atoms with Crippen molar-refractivity contribution in [1.82, 2.24) is 9.80 Å². The number of nitrogens with zero attached hydrogens (tertiary/aromatic N) is 2. The summed E-state index contributed by atoms with van der Waals surface area (Å²) in [6.45, 7) is 7.02. The van der Waals surface area contributed by atoms with Gasteiger partial charge < -0.3 is 9.64 Å². The summed E-state index contributed by atoms with van der Waals surface area (Å²) in [6, 6.07) is 29.2. The Hall–Kier alpha value is -3.11. The van der Waals surface area contributed by atoms with Crippen molar-refractivity contribution in [3.05, 3.63) is 102 Å². The van der Waals surface area contributed by atoms with Crippen LogP contribution in [0.4, 0.5) is 0 Å². The summed E-state index contributed by atoms with van der Waals surface area (Å²) in [4.78, 5) is 17.3. The standard InChI is InChI=1S/C27H30N2O2/c1-21-13-15-24(16-14-21)26(23-9-5-3-6-10-23)28-17-19-29(20-18-28)27(30)22(2)31-25-11-7-4-8-12-25/h3-16,22,26H,17-20H2,1-2H3/t22-,26+/m1/s1. The fraction of sp³-hybridized carbons (Fsp3) is 0.296. The van der Waals surface area contributed by atoms with E-state index in [-0.39, 0.29) is 11.9 Å². The first-order valence-electron chi connectivity index (χ1n) is 11.0. The van der Waals surface area contributed by atoms with Crippen molar-refractivity contribution >= 4 is 5.91 Å². The maximum Gasteiger partial charge on any atom is 0.263 e. The summed E-state index contributed by atoms with van der Waals surface area (Å²) in [7, 11) is 0. The van der Waals surface area contributed by atoms with E-state index in [4.69, 9.17) is 4.74 Å². The van der Waals surface area contributed by atoms with Crippen LogP contribution >= 0.6 is 0 Å². The van der Waals surface area contributed by atoms with E-state index in [2.05, 4.69) is 66.4 Å². The first kappa shape index (κ1) is 21.1. The molecule has 0 saturated carbocycles. The molecule has 0 N–H and O–H groups in total. The number of piperazine rings is 1. The van der Waals surface area contributed by atoms with Crippen LogP contribution in [0.3, 0.4) is 0 Å². The molecule has 0 bridgehead atoms. The summed E-state index contributed by atoms with van der Waals surface area (Å²) in [5, 5.41) is 0. The summed E-state index contributed by atoms with van der Waals surface area (Å²) < 4.78 is 5.85. The topological polar surface area (TPSA) is 32.8 Å². The molecule has 1 heterocycles. The Labute approximate surface area is 185 Å². The van der Waals surface area contributed by atoms with Crippen LogP contribution in [0.15, 0.2) is 84.9 Å². The van der Waals surface area contributed by atoms with Crippen LogP contribution in [0.2, 0.25) is 0 Å². The number of hydrogen-bond donors (Lipinski definition) is 0. The zero-order valence-electron chi connectivity index (χ0n) is 18.3. The fourth-order valence-electron chi connectivity index (χ4n) is 4.21. The monoisotopic (exact) mass is 414 g/mol. The average Bonchev–Trinajstić information content (AvgIpc) is 2.82. The van der Waals surface area contributed by atoms with E-state index in [0.717, 1.165) is 18.8 Å². The molecule has 4 nitrogen and oxygen atoms in total. The smallest absolute Gasteiger partial charge is 0.263 e. The summed E-state index contributed by atoms with van der Waals surface area (Å²) >= 11 is 0. The number of benzene rings is 3. The lowest BCUT2D eigenvalue weighted by atomic mass is 9.95. The lowest BCUT2D eigenvalue weighted by Gasteiger charge is -2.40. The summed E-state index contributed by atoms with van der Waals surface area (Å²) in [5.41, 5.74) is 3.84. The number of carbonyl (C=O) groups is 1. The van der Waals surface area contributed by atoms with Crippen molar-refractivity contribution in [2.24, 2.45) is 0 Å². The number of hydrogen-bond acceptors (Lipinski definition) is 3. The van der Waals surface area contributed by atoms with Crippen molar-refractivity contribution in [2.45, 2.75) is 26.0 Å². The Bertz CT molecular complexity index is 965. The Morgan fingerprint density at radius 3 is 1.94 bits per heavy atom. The predicted octanol–water partition coefficient (Wildman–Crippen LogP) is 4.70. The highest BCUT2D eigenvalue weighted by molar-refractivity contribution is 5.81. The Balaban J connectivity index is 1.44. The molecule has 3 aromatic carbocycles. The molecule has 160 valence electrons. The van der Waals surface area contributed by atoms with Crippen LogP contribution in [-0.2, 0) is 4.79 Å². The van der Waals surface area contributed by atoms with E-state index in [1.54, 1.807) is 0 Å². The van der Waals surface area contributed by atoms with E-state index in [0.29, 0.717) is 13.1 Å². The van der Waals surface area contributed by atoms with Crippen LogP contribution in [0.1, 0.15) is 29.7 Å². The third kappa shape index (κ3) is 5.15. The molecular weight excluding hydrogens is 384 g/mol. The van der Waals surface area contributed by atoms with Crippen molar-refractivity contribution < 1.29 is 9.53 Å². The highest BCUT2D eigenvalue weighted by Crippen LogP contribution is 2.30. The first-order chi connectivity index (χ1) is 15.1. The van der Waals surface area contributed by atoms with Gasteiger partial charge in [0, 0.05) is 26.2 Å². The third-order valence-corrected chi connectivity index (χ3v) is 5.90. The van der Waals surface area contributed by atoms with E-state index in [1.165, 1.54) is 16.7 Å². The van der Waals surface area contributed by atoms with Crippen LogP contribution in [0.25, 0.3) is 0 Å². The number of carbonyl (C=O) groups excluding carboxylic acids is 1. The molecule has 1 saturated heterocycles. The molecule has 0 aromatic heterocycles. The molecule has 1 amide bonds. The van der Waals surface area contributed by atoms with Crippen LogP contribution in [0, 0.1) is 6.92 Å². The second kappa shape index (κ2) is 9.80. The quantitative estimate of drug-likeness (QED) is 0.586. The predicted molar refractivity (Wildman–Crippen MR) is 124 cm³/mol. The Kier molecular flexibility index (Phi) is 6.68. The van der Waals surface area contributed by atoms with Crippen molar-refractivity contribution in [1.29, 1.82) is 0 Å². The Morgan fingerprint density at radius 1 is 0.774 bits per heavy atom. The van der Waals surface area contributed by atoms with Crippen molar-refractivity contribution in [3.63, 3.8) is 0 Å². The molecule has 31 heavy (non-hydrogen) atoms. The molecule has 0 radical (unpaired) electrons. The van der Waals surface area contributed by atoms with Crippen LogP contribution < -0.4 is 4.74 Å². The van der Waals surface area contributed by atoms with Gasteiger partial charge in [0.15, 0.2) is 6.10 Å². The van der Waals surface area contributed by atoms with Gasteiger partial charge in [-0.2, -0.15) is 0 Å². The minimum absolute atomic E-state index is 0.0510. The number of para-hydroxylation sites is 1. The maximum absolute atomic E-state index is 12.9. The lowest BCUT2D eigenvalue weighted by molar-refractivity contribution is -0.140. The number of amides is 1. The van der Waals surface area contributed by atoms with E-state index in [1.807, 2.05) is 42.2 Å². The van der Waals surface area contributed by atoms with E-state index >= 15 is 0 Å². The minimum atomic E-state index is -0.490. The van der Waals surface area contributed by atoms with Crippen molar-refractivity contribution in [2.75, 3.05) is 26.2 Å². The molecule has 0 aliphatic carbocycles. The molecule has 4 heteroatoms. The summed E-state index contributed by atoms with van der Waals surface area (Å²) in [6.07, 6.45) is -0.490. The molecule has 1 aliphatic rings. The van der Waals surface area contributed by atoms with Gasteiger partial charge in [0.05, 0.1) is 6.04 Å². The minimum Gasteiger partial charge on any atom is -0.481 e. The van der Waals surface area contributed by atoms with Crippen LogP contribution in [0.5, 0.6) is 5.75 Å². The zero-order valence-corrected chi connectivity index (χ0v) is 18.3. The number of ether oxygens (including phenoxy) is 1. The zero-order chi connectivity index (χ0) is 21.6. The maximum atomic E-state index is 12.9. The molecule has 2 atom stereocenters. The van der Waals surface area contributed by atoms with Gasteiger partial charge in [0.2, 0.25) is 0 Å². The van der Waals surface area contributed by atoms with Gasteiger partial charge in [0.1, 0.15) is 5.75 Å². The molecule has 1 aliphatic heterocycles. The second-order valence-electron chi connectivity index (χ2n) is 8.16. The highest BCUT2D eigenvalue weighted by atomic mass is 16.5. The largest absolute Gasteiger partial charge is 0.481 e. The van der Waals surface area contributed by atoms with Crippen molar-refractivity contribution in [3.8, 4) is 5.75 Å². The van der Waals surface area contributed by atoms with E-state index in [9.17, 15) is 4.79 Å². The van der Waals surface area contributed by atoms with Crippen LogP contribution in [-0.4, -0.2) is 48.0 Å². The SMILES string of the molecule is Cc1ccc([C@H](c2ccccc2)N2CCN(C(=O)[C@@H](C)Oc3ccccc3)CC2)cc1. The average molecular weight is 415 g/mol. The molecule has 3 aromatic rings. The van der Waals surface area contributed by atoms with Gasteiger partial charge in [-0.25, -0.2) is 0 Å². The second-order valence-corrected chi connectivity index (χ2v) is 8.16. The number of rotatable bonds is 6.